The van der Waals surface area contributed by atoms with E-state index in [1.807, 2.05) is 20.8 Å². The van der Waals surface area contributed by atoms with Crippen molar-refractivity contribution in [2.24, 2.45) is 0 Å². The van der Waals surface area contributed by atoms with E-state index in [0.717, 1.165) is 33.9 Å². The molecular weight excluding hydrogens is 418 g/mol. The average Bonchev–Trinajstić information content (AvgIpc) is 3.01. The van der Waals surface area contributed by atoms with Gasteiger partial charge in [0.1, 0.15) is 10.6 Å². The fourth-order valence-electron chi connectivity index (χ4n) is 3.04. The number of anilines is 1. The number of thioether (sulfide) groups is 1. The summed E-state index contributed by atoms with van der Waals surface area (Å²) in [6.07, 6.45) is 1.86. The molecule has 2 aromatic heterocycles. The van der Waals surface area contributed by atoms with Gasteiger partial charge in [-0.2, -0.15) is 0 Å². The number of hydrogen-bond acceptors (Lipinski definition) is 6. The predicted octanol–water partition coefficient (Wildman–Crippen LogP) is 5.00. The molecule has 2 heterocycles. The van der Waals surface area contributed by atoms with Crippen molar-refractivity contribution in [1.82, 2.24) is 9.55 Å². The topological polar surface area (TPSA) is 73.2 Å². The average molecular weight is 446 g/mol. The lowest BCUT2D eigenvalue weighted by molar-refractivity contribution is -0.115. The van der Waals surface area contributed by atoms with Gasteiger partial charge in [-0.25, -0.2) is 4.98 Å². The normalized spacial score (nSPS) is 12.2. The molecule has 3 aromatic rings. The third-order valence-corrected chi connectivity index (χ3v) is 7.19. The van der Waals surface area contributed by atoms with E-state index >= 15 is 0 Å². The van der Waals surface area contributed by atoms with Crippen molar-refractivity contribution in [3.8, 4) is 5.75 Å². The first-order valence-corrected chi connectivity index (χ1v) is 11.7. The van der Waals surface area contributed by atoms with Gasteiger partial charge in [-0.3, -0.25) is 14.2 Å². The molecule has 1 unspecified atom stereocenters. The van der Waals surface area contributed by atoms with E-state index in [9.17, 15) is 9.59 Å². The lowest BCUT2D eigenvalue weighted by Gasteiger charge is -2.16. The maximum absolute atomic E-state index is 13.2. The Morgan fingerprint density at radius 1 is 1.30 bits per heavy atom. The molecule has 1 aromatic carbocycles. The van der Waals surface area contributed by atoms with Crippen molar-refractivity contribution in [3.05, 3.63) is 45.1 Å². The summed E-state index contributed by atoms with van der Waals surface area (Å²) in [6, 6.07) is 7.19. The molecule has 1 atom stereocenters. The van der Waals surface area contributed by atoms with Crippen LogP contribution < -0.4 is 15.6 Å². The lowest BCUT2D eigenvalue weighted by atomic mass is 10.2. The van der Waals surface area contributed by atoms with Crippen molar-refractivity contribution >= 4 is 44.9 Å². The number of unbranched alkanes of at least 4 members (excludes halogenated alkanes) is 1. The minimum atomic E-state index is -0.411. The monoisotopic (exact) mass is 445 g/mol. The molecule has 6 nitrogen and oxygen atoms in total. The number of benzene rings is 1. The maximum Gasteiger partial charge on any atom is 0.263 e. The Bertz CT molecular complexity index is 1100. The Morgan fingerprint density at radius 3 is 2.63 bits per heavy atom. The Hall–Kier alpha value is -2.32. The summed E-state index contributed by atoms with van der Waals surface area (Å²) in [6.45, 7) is 8.50. The number of aryl methyl sites for hydroxylation is 2. The number of nitrogens with zero attached hydrogens (tertiary/aromatic N) is 2. The molecule has 1 N–H and O–H groups in total. The number of ether oxygens (including phenoxy) is 1. The molecule has 1 amide bonds. The van der Waals surface area contributed by atoms with Gasteiger partial charge in [0, 0.05) is 17.1 Å². The van der Waals surface area contributed by atoms with Gasteiger partial charge >= 0.3 is 0 Å². The molecule has 0 saturated carbocycles. The van der Waals surface area contributed by atoms with Crippen molar-refractivity contribution < 1.29 is 9.53 Å². The van der Waals surface area contributed by atoms with Gasteiger partial charge in [0.25, 0.3) is 5.56 Å². The highest BCUT2D eigenvalue weighted by Gasteiger charge is 2.21. The first-order valence-electron chi connectivity index (χ1n) is 9.97. The third kappa shape index (κ3) is 4.70. The van der Waals surface area contributed by atoms with Crippen LogP contribution in [0, 0.1) is 13.8 Å². The van der Waals surface area contributed by atoms with E-state index in [1.165, 1.54) is 23.1 Å². The van der Waals surface area contributed by atoms with Crippen LogP contribution in [0.5, 0.6) is 5.75 Å². The van der Waals surface area contributed by atoms with Gasteiger partial charge in [-0.15, -0.1) is 11.3 Å². The van der Waals surface area contributed by atoms with E-state index in [2.05, 4.69) is 12.2 Å². The van der Waals surface area contributed by atoms with Crippen LogP contribution in [0.15, 0.2) is 34.2 Å². The first-order chi connectivity index (χ1) is 14.3. The lowest BCUT2D eigenvalue weighted by Crippen LogP contribution is -2.27. The number of methoxy groups -OCH3 is 1. The number of carbonyl (C=O) groups is 1. The fraction of sp³-hybridized carbons (Fsp3) is 0.409. The number of aromatic nitrogens is 2. The molecule has 0 radical (unpaired) electrons. The molecular formula is C22H27N3O3S2. The zero-order valence-electron chi connectivity index (χ0n) is 17.9. The molecule has 0 aliphatic carbocycles. The van der Waals surface area contributed by atoms with Gasteiger partial charge in [-0.1, -0.05) is 25.1 Å². The van der Waals surface area contributed by atoms with Crippen LogP contribution in [0.1, 0.15) is 37.1 Å². The summed E-state index contributed by atoms with van der Waals surface area (Å²) in [5.74, 6) is 0.592. The van der Waals surface area contributed by atoms with E-state index in [0.29, 0.717) is 22.8 Å². The smallest absolute Gasteiger partial charge is 0.263 e. The van der Waals surface area contributed by atoms with Crippen LogP contribution in [0.4, 0.5) is 5.69 Å². The second-order valence-corrected chi connectivity index (χ2v) is 9.66. The molecule has 0 spiro atoms. The number of rotatable bonds is 8. The van der Waals surface area contributed by atoms with Gasteiger partial charge < -0.3 is 10.1 Å². The summed E-state index contributed by atoms with van der Waals surface area (Å²) < 4.78 is 6.87. The predicted molar refractivity (Wildman–Crippen MR) is 125 cm³/mol. The summed E-state index contributed by atoms with van der Waals surface area (Å²) in [5.41, 5.74) is 1.68. The molecule has 0 bridgehead atoms. The fourth-order valence-corrected chi connectivity index (χ4v) is 5.05. The van der Waals surface area contributed by atoms with Crippen molar-refractivity contribution in [2.75, 3.05) is 12.4 Å². The molecule has 8 heteroatoms. The van der Waals surface area contributed by atoms with Gasteiger partial charge in [-0.05, 0) is 57.0 Å². The van der Waals surface area contributed by atoms with Crippen LogP contribution in [0.25, 0.3) is 10.2 Å². The van der Waals surface area contributed by atoms with E-state index in [4.69, 9.17) is 9.72 Å². The number of fused-ring (bicyclic) bond motifs is 1. The summed E-state index contributed by atoms with van der Waals surface area (Å²) in [7, 11) is 1.60. The van der Waals surface area contributed by atoms with Gasteiger partial charge in [0.15, 0.2) is 5.16 Å². The molecule has 0 saturated heterocycles. The van der Waals surface area contributed by atoms with Crippen LogP contribution >= 0.6 is 23.1 Å². The summed E-state index contributed by atoms with van der Waals surface area (Å²) in [5, 5.41) is 3.80. The van der Waals surface area contributed by atoms with Crippen molar-refractivity contribution in [2.45, 2.75) is 57.5 Å². The Morgan fingerprint density at radius 2 is 2.00 bits per heavy atom. The Balaban J connectivity index is 1.86. The van der Waals surface area contributed by atoms with E-state index < -0.39 is 5.25 Å². The summed E-state index contributed by atoms with van der Waals surface area (Å²) >= 11 is 2.85. The van der Waals surface area contributed by atoms with Crippen LogP contribution in [0.3, 0.4) is 0 Å². The second-order valence-electron chi connectivity index (χ2n) is 7.15. The number of hydrogen-bond donors (Lipinski definition) is 1. The van der Waals surface area contributed by atoms with Crippen LogP contribution in [-0.4, -0.2) is 27.8 Å². The molecule has 3 rings (SSSR count). The van der Waals surface area contributed by atoms with Gasteiger partial charge in [0.05, 0.1) is 17.7 Å². The third-order valence-electron chi connectivity index (χ3n) is 5.00. The van der Waals surface area contributed by atoms with Gasteiger partial charge in [0.2, 0.25) is 5.91 Å². The number of thiophene rings is 1. The zero-order chi connectivity index (χ0) is 21.8. The largest absolute Gasteiger partial charge is 0.497 e. The standard InChI is InChI=1S/C22H27N3O3S2/c1-6-7-12-25-21(27)18-13(2)14(3)29-20(18)24-22(25)30-15(4)19(26)23-16-8-10-17(28-5)11-9-16/h8-11,15H,6-7,12H2,1-5H3,(H,23,26). The van der Waals surface area contributed by atoms with Crippen molar-refractivity contribution in [3.63, 3.8) is 0 Å². The Labute approximate surface area is 184 Å². The first kappa shape index (κ1) is 22.4. The summed E-state index contributed by atoms with van der Waals surface area (Å²) in [4.78, 5) is 32.5. The van der Waals surface area contributed by atoms with Crippen LogP contribution in [0.2, 0.25) is 0 Å². The van der Waals surface area contributed by atoms with Crippen LogP contribution in [-0.2, 0) is 11.3 Å². The quantitative estimate of drug-likeness (QED) is 0.390. The second kappa shape index (κ2) is 9.66. The SMILES string of the molecule is CCCCn1c(SC(C)C(=O)Nc2ccc(OC)cc2)nc2sc(C)c(C)c2c1=O. The zero-order valence-corrected chi connectivity index (χ0v) is 19.6. The highest BCUT2D eigenvalue weighted by Crippen LogP contribution is 2.30. The maximum atomic E-state index is 13.2. The molecule has 30 heavy (non-hydrogen) atoms. The Kier molecular flexibility index (Phi) is 7.20. The number of carbonyl (C=O) groups excluding carboxylic acids is 1. The van der Waals surface area contributed by atoms with E-state index in [-0.39, 0.29) is 11.5 Å². The molecule has 160 valence electrons. The number of amides is 1. The molecule has 0 fully saturated rings. The molecule has 0 aliphatic heterocycles. The minimum Gasteiger partial charge on any atom is -0.497 e. The minimum absolute atomic E-state index is 0.0134. The highest BCUT2D eigenvalue weighted by atomic mass is 32.2. The highest BCUT2D eigenvalue weighted by molar-refractivity contribution is 8.00. The molecule has 0 aliphatic rings. The van der Waals surface area contributed by atoms with E-state index in [1.54, 1.807) is 35.9 Å². The van der Waals surface area contributed by atoms with Crippen molar-refractivity contribution in [1.29, 1.82) is 0 Å². The number of nitrogens with one attached hydrogen (secondary N) is 1.